The maximum Gasteiger partial charge on any atom is 0.197 e. The average molecular weight is 377 g/mol. The van der Waals surface area contributed by atoms with Gasteiger partial charge < -0.3 is 14.6 Å². The van der Waals surface area contributed by atoms with Crippen LogP contribution in [0.2, 0.25) is 0 Å². The molecule has 0 radical (unpaired) electrons. The highest BCUT2D eigenvalue weighted by molar-refractivity contribution is 5.95. The van der Waals surface area contributed by atoms with Gasteiger partial charge in [-0.2, -0.15) is 0 Å². The number of allylic oxidation sites excluding steroid dienone is 2. The second-order valence-electron chi connectivity index (χ2n) is 11.0. The van der Waals surface area contributed by atoms with Gasteiger partial charge in [0.1, 0.15) is 0 Å². The first kappa shape index (κ1) is 19.4. The van der Waals surface area contributed by atoms with Gasteiger partial charge in [0.05, 0.1) is 12.7 Å². The van der Waals surface area contributed by atoms with Crippen LogP contribution in [0.15, 0.2) is 11.3 Å². The first-order valence-electron chi connectivity index (χ1n) is 10.7. The van der Waals surface area contributed by atoms with Crippen LogP contribution in [-0.2, 0) is 14.3 Å². The van der Waals surface area contributed by atoms with E-state index in [1.807, 2.05) is 20.8 Å². The van der Waals surface area contributed by atoms with E-state index in [1.54, 1.807) is 0 Å². The summed E-state index contributed by atoms with van der Waals surface area (Å²) in [6.07, 6.45) is 6.25. The van der Waals surface area contributed by atoms with Gasteiger partial charge in [-0.3, -0.25) is 4.79 Å². The van der Waals surface area contributed by atoms with Crippen LogP contribution >= 0.6 is 0 Å². The zero-order chi connectivity index (χ0) is 19.8. The first-order valence-corrected chi connectivity index (χ1v) is 10.7. The maximum absolute atomic E-state index is 12.5. The van der Waals surface area contributed by atoms with Crippen LogP contribution in [0.25, 0.3) is 0 Å². The van der Waals surface area contributed by atoms with Gasteiger partial charge in [0.15, 0.2) is 17.3 Å². The van der Waals surface area contributed by atoms with E-state index in [2.05, 4.69) is 20.8 Å². The molecule has 0 unspecified atom stereocenters. The van der Waals surface area contributed by atoms with Crippen molar-refractivity contribution < 1.29 is 19.4 Å². The van der Waals surface area contributed by atoms with E-state index < -0.39 is 5.79 Å². The van der Waals surface area contributed by atoms with Crippen molar-refractivity contribution >= 4 is 5.78 Å². The van der Waals surface area contributed by atoms with Gasteiger partial charge in [-0.1, -0.05) is 20.8 Å². The Morgan fingerprint density at radius 1 is 1.07 bits per heavy atom. The number of ketones is 1. The smallest absolute Gasteiger partial charge is 0.197 e. The lowest BCUT2D eigenvalue weighted by molar-refractivity contribution is -0.173. The summed E-state index contributed by atoms with van der Waals surface area (Å²) in [4.78, 5) is 12.5. The number of carbonyl (C=O) groups is 1. The van der Waals surface area contributed by atoms with Gasteiger partial charge in [0, 0.05) is 6.42 Å². The van der Waals surface area contributed by atoms with E-state index in [-0.39, 0.29) is 33.9 Å². The Morgan fingerprint density at radius 2 is 1.78 bits per heavy atom. The average Bonchev–Trinajstić information content (AvgIpc) is 2.97. The molecule has 3 aliphatic carbocycles. The molecule has 0 bridgehead atoms. The number of carbonyl (C=O) groups excluding carboxylic acids is 1. The lowest BCUT2D eigenvalue weighted by Crippen LogP contribution is -2.56. The van der Waals surface area contributed by atoms with Crippen LogP contribution in [-0.4, -0.2) is 29.4 Å². The fourth-order valence-electron chi connectivity index (χ4n) is 6.92. The molecular formula is C23H36O4. The highest BCUT2D eigenvalue weighted by atomic mass is 16.7. The van der Waals surface area contributed by atoms with E-state index in [1.165, 1.54) is 0 Å². The largest absolute Gasteiger partial charge is 0.504 e. The molecule has 4 aliphatic rings. The highest BCUT2D eigenvalue weighted by Crippen LogP contribution is 2.67. The monoisotopic (exact) mass is 376 g/mol. The number of hydrogen-bond acceptors (Lipinski definition) is 4. The molecule has 0 aromatic rings. The van der Waals surface area contributed by atoms with Crippen molar-refractivity contribution in [2.45, 2.75) is 92.0 Å². The Labute approximate surface area is 163 Å². The molecule has 0 amide bonds. The van der Waals surface area contributed by atoms with Crippen LogP contribution in [0, 0.1) is 28.1 Å². The summed E-state index contributed by atoms with van der Waals surface area (Å²) in [7, 11) is 0. The van der Waals surface area contributed by atoms with E-state index in [0.29, 0.717) is 24.9 Å². The number of aliphatic hydroxyl groups is 1. The van der Waals surface area contributed by atoms with Gasteiger partial charge in [-0.15, -0.1) is 0 Å². The zero-order valence-corrected chi connectivity index (χ0v) is 17.9. The van der Waals surface area contributed by atoms with Crippen molar-refractivity contribution in [2.24, 2.45) is 28.1 Å². The summed E-state index contributed by atoms with van der Waals surface area (Å²) < 4.78 is 12.1. The Morgan fingerprint density at radius 3 is 2.41 bits per heavy atom. The number of hydrogen-bond donors (Lipinski definition) is 1. The van der Waals surface area contributed by atoms with Crippen LogP contribution in [0.5, 0.6) is 0 Å². The molecule has 0 aromatic heterocycles. The molecule has 4 heteroatoms. The summed E-state index contributed by atoms with van der Waals surface area (Å²) >= 11 is 0. The molecule has 0 aromatic carbocycles. The lowest BCUT2D eigenvalue weighted by atomic mass is 9.42. The molecule has 6 atom stereocenters. The molecule has 4 nitrogen and oxygen atoms in total. The van der Waals surface area contributed by atoms with Crippen molar-refractivity contribution in [3.05, 3.63) is 11.3 Å². The molecule has 0 spiro atoms. The van der Waals surface area contributed by atoms with Crippen LogP contribution in [0.4, 0.5) is 0 Å². The van der Waals surface area contributed by atoms with E-state index in [0.717, 1.165) is 37.7 Å². The second kappa shape index (κ2) is 5.82. The lowest BCUT2D eigenvalue weighted by Gasteiger charge is -2.62. The topological polar surface area (TPSA) is 55.8 Å². The molecule has 1 heterocycles. The number of aliphatic hydroxyl groups excluding tert-OH is 1. The third-order valence-electron chi connectivity index (χ3n) is 9.11. The van der Waals surface area contributed by atoms with Crippen molar-refractivity contribution in [2.75, 3.05) is 6.61 Å². The molecule has 3 fully saturated rings. The minimum Gasteiger partial charge on any atom is -0.504 e. The van der Waals surface area contributed by atoms with Crippen molar-refractivity contribution in [3.63, 3.8) is 0 Å². The molecule has 2 saturated carbocycles. The molecule has 4 rings (SSSR count). The van der Waals surface area contributed by atoms with Crippen LogP contribution in [0.1, 0.15) is 80.1 Å². The van der Waals surface area contributed by atoms with Gasteiger partial charge in [0.2, 0.25) is 0 Å². The fraction of sp³-hybridized carbons (Fsp3) is 0.870. The summed E-state index contributed by atoms with van der Waals surface area (Å²) in [5, 5.41) is 10.3. The summed E-state index contributed by atoms with van der Waals surface area (Å²) in [5.74, 6) is 0.431. The van der Waals surface area contributed by atoms with Crippen molar-refractivity contribution in [1.29, 1.82) is 0 Å². The minimum atomic E-state index is -0.477. The fourth-order valence-corrected chi connectivity index (χ4v) is 6.92. The molecular weight excluding hydrogens is 340 g/mol. The Balaban J connectivity index is 1.61. The maximum atomic E-state index is 12.5. The van der Waals surface area contributed by atoms with Crippen molar-refractivity contribution in [1.82, 2.24) is 0 Å². The van der Waals surface area contributed by atoms with Gasteiger partial charge in [-0.05, 0) is 86.5 Å². The predicted octanol–water partition coefficient (Wildman–Crippen LogP) is 5.17. The zero-order valence-electron chi connectivity index (χ0n) is 17.9. The van der Waals surface area contributed by atoms with Gasteiger partial charge in [-0.25, -0.2) is 0 Å². The summed E-state index contributed by atoms with van der Waals surface area (Å²) in [6, 6.07) is 0. The minimum absolute atomic E-state index is 0.0372. The Hall–Kier alpha value is -0.870. The number of fused-ring (bicyclic) bond motifs is 3. The number of rotatable bonds is 1. The second-order valence-corrected chi connectivity index (χ2v) is 11.0. The third kappa shape index (κ3) is 2.73. The van der Waals surface area contributed by atoms with E-state index in [4.69, 9.17) is 9.47 Å². The molecule has 1 aliphatic heterocycles. The summed E-state index contributed by atoms with van der Waals surface area (Å²) in [6.45, 7) is 13.7. The molecule has 1 saturated heterocycles. The summed E-state index contributed by atoms with van der Waals surface area (Å²) in [5.41, 5.74) is 1.16. The third-order valence-corrected chi connectivity index (χ3v) is 9.11. The standard InChI is InChI=1S/C23H36O4/c1-14-19(25)16(24)11-17-22(14,5)8-7-15-12-21(4,9-10-23(15,17)6)18-13-26-20(2,3)27-18/h15,17-18,25H,7-13H2,1-6H3/t15-,17-,18-,21-,22+,23-/m0/s1. The number of ether oxygens (including phenoxy) is 2. The van der Waals surface area contributed by atoms with Crippen LogP contribution < -0.4 is 0 Å². The Kier molecular flexibility index (Phi) is 4.19. The first-order chi connectivity index (χ1) is 12.4. The predicted molar refractivity (Wildman–Crippen MR) is 104 cm³/mol. The quantitative estimate of drug-likeness (QED) is 0.686. The molecule has 1 N–H and O–H groups in total. The highest BCUT2D eigenvalue weighted by Gasteiger charge is 2.61. The molecule has 27 heavy (non-hydrogen) atoms. The SMILES string of the molecule is CC1=C(O)C(=O)C[C@@H]2[C@@]3(C)CC[C@](C)([C@@H]4COC(C)(C)O4)C[C@@H]3CC[C@]12C. The Bertz CT molecular complexity index is 694. The van der Waals surface area contributed by atoms with Crippen molar-refractivity contribution in [3.8, 4) is 0 Å². The van der Waals surface area contributed by atoms with Gasteiger partial charge in [0.25, 0.3) is 0 Å². The van der Waals surface area contributed by atoms with Gasteiger partial charge >= 0.3 is 0 Å². The number of Topliss-reactive ketones (excluding diaryl/α,β-unsaturated/α-hetero) is 1. The molecule has 152 valence electrons. The van der Waals surface area contributed by atoms with E-state index in [9.17, 15) is 9.90 Å². The normalized spacial score (nSPS) is 49.7. The van der Waals surface area contributed by atoms with Crippen LogP contribution in [0.3, 0.4) is 0 Å². The van der Waals surface area contributed by atoms with E-state index >= 15 is 0 Å².